The van der Waals surface area contributed by atoms with Crippen LogP contribution in [0.1, 0.15) is 43.2 Å². The van der Waals surface area contributed by atoms with Crippen molar-refractivity contribution in [2.24, 2.45) is 0 Å². The Morgan fingerprint density at radius 3 is 2.68 bits per heavy atom. The van der Waals surface area contributed by atoms with Crippen molar-refractivity contribution in [3.8, 4) is 11.3 Å². The third-order valence-corrected chi connectivity index (χ3v) is 7.46. The number of fused-ring (bicyclic) bond motifs is 2. The zero-order chi connectivity index (χ0) is 26.2. The molecule has 7 rings (SSSR count). The molecular weight excluding hydrogens is 499 g/mol. The fourth-order valence-corrected chi connectivity index (χ4v) is 5.18. The Kier molecular flexibility index (Phi) is 4.70. The van der Waals surface area contributed by atoms with Crippen LogP contribution in [0.2, 0.25) is 0 Å². The number of hydrogen-bond donors (Lipinski definition) is 2. The number of anilines is 2. The molecular formula is C26H22F3N7O2. The number of alkyl halides is 3. The molecule has 2 amide bonds. The number of aromatic nitrogens is 5. The fourth-order valence-electron chi connectivity index (χ4n) is 5.18. The number of halogens is 3. The highest BCUT2D eigenvalue weighted by atomic mass is 19.4. The van der Waals surface area contributed by atoms with Crippen molar-refractivity contribution in [2.75, 3.05) is 10.6 Å². The molecule has 12 heteroatoms. The summed E-state index contributed by atoms with van der Waals surface area (Å²) in [4.78, 5) is 21.6. The highest BCUT2D eigenvalue weighted by molar-refractivity contribution is 6.02. The lowest BCUT2D eigenvalue weighted by molar-refractivity contribution is -0.165. The molecule has 2 saturated carbocycles. The number of rotatable bonds is 5. The normalized spacial score (nSPS) is 16.7. The molecule has 5 aromatic rings. The SMILES string of the molecule is Cc1nccc2c1c(-c1ccc(NC(=O)Nc3cc(C4(C(F)(F)F)CC4)on3)c3nccn13)cn2C1CC1. The number of hydrogen-bond acceptors (Lipinski definition) is 5. The number of carbonyl (C=O) groups excluding carboxylic acids is 1. The molecule has 2 N–H and O–H groups in total. The highest BCUT2D eigenvalue weighted by Crippen LogP contribution is 2.59. The third-order valence-electron chi connectivity index (χ3n) is 7.46. The van der Waals surface area contributed by atoms with Crippen molar-refractivity contribution in [1.82, 2.24) is 24.1 Å². The lowest BCUT2D eigenvalue weighted by atomic mass is 10.0. The van der Waals surface area contributed by atoms with E-state index >= 15 is 0 Å². The van der Waals surface area contributed by atoms with E-state index in [4.69, 9.17) is 4.52 Å². The summed E-state index contributed by atoms with van der Waals surface area (Å²) in [6, 6.07) is 6.62. The molecule has 0 saturated heterocycles. The maximum Gasteiger partial charge on any atom is 0.401 e. The lowest BCUT2D eigenvalue weighted by Gasteiger charge is -2.15. The van der Waals surface area contributed by atoms with Crippen LogP contribution < -0.4 is 10.6 Å². The second-order valence-electron chi connectivity index (χ2n) is 9.96. The summed E-state index contributed by atoms with van der Waals surface area (Å²) in [5, 5.41) is 9.85. The fraction of sp³-hybridized carbons (Fsp3) is 0.308. The van der Waals surface area contributed by atoms with Gasteiger partial charge in [0.15, 0.2) is 17.2 Å². The van der Waals surface area contributed by atoms with Gasteiger partial charge in [0.05, 0.1) is 16.9 Å². The minimum Gasteiger partial charge on any atom is -0.358 e. The van der Waals surface area contributed by atoms with Gasteiger partial charge in [-0.15, -0.1) is 0 Å². The van der Waals surface area contributed by atoms with Crippen LogP contribution in [-0.2, 0) is 5.41 Å². The molecule has 0 aromatic carbocycles. The first kappa shape index (κ1) is 22.8. The number of pyridine rings is 2. The molecule has 0 bridgehead atoms. The van der Waals surface area contributed by atoms with E-state index < -0.39 is 17.6 Å². The monoisotopic (exact) mass is 521 g/mol. The predicted molar refractivity (Wildman–Crippen MR) is 133 cm³/mol. The largest absolute Gasteiger partial charge is 0.401 e. The predicted octanol–water partition coefficient (Wildman–Crippen LogP) is 6.22. The smallest absolute Gasteiger partial charge is 0.358 e. The average Bonchev–Trinajstić information content (AvgIpc) is 3.74. The zero-order valence-electron chi connectivity index (χ0n) is 20.2. The van der Waals surface area contributed by atoms with Crippen LogP contribution in [0.5, 0.6) is 0 Å². The van der Waals surface area contributed by atoms with E-state index in [9.17, 15) is 18.0 Å². The zero-order valence-corrected chi connectivity index (χ0v) is 20.2. The Labute approximate surface area is 213 Å². The first-order valence-corrected chi connectivity index (χ1v) is 12.3. The summed E-state index contributed by atoms with van der Waals surface area (Å²) < 4.78 is 49.2. The Bertz CT molecular complexity index is 1720. The molecule has 0 atom stereocenters. The van der Waals surface area contributed by atoms with Gasteiger partial charge in [-0.05, 0) is 50.8 Å². The van der Waals surface area contributed by atoms with Crippen molar-refractivity contribution < 1.29 is 22.5 Å². The van der Waals surface area contributed by atoms with Gasteiger partial charge in [-0.2, -0.15) is 13.2 Å². The Morgan fingerprint density at radius 1 is 1.13 bits per heavy atom. The number of carbonyl (C=O) groups is 1. The van der Waals surface area contributed by atoms with Gasteiger partial charge < -0.3 is 14.4 Å². The van der Waals surface area contributed by atoms with Crippen LogP contribution in [0.3, 0.4) is 0 Å². The van der Waals surface area contributed by atoms with Gasteiger partial charge in [0.1, 0.15) is 5.41 Å². The number of imidazole rings is 1. The summed E-state index contributed by atoms with van der Waals surface area (Å²) >= 11 is 0. The van der Waals surface area contributed by atoms with E-state index in [1.54, 1.807) is 12.3 Å². The van der Waals surface area contributed by atoms with Crippen molar-refractivity contribution >= 4 is 34.1 Å². The van der Waals surface area contributed by atoms with Crippen LogP contribution in [0.25, 0.3) is 27.8 Å². The van der Waals surface area contributed by atoms with Crippen LogP contribution in [-0.4, -0.2) is 36.3 Å². The molecule has 5 aromatic heterocycles. The van der Waals surface area contributed by atoms with Gasteiger partial charge >= 0.3 is 12.2 Å². The Morgan fingerprint density at radius 2 is 1.95 bits per heavy atom. The molecule has 9 nitrogen and oxygen atoms in total. The third kappa shape index (κ3) is 3.46. The lowest BCUT2D eigenvalue weighted by Crippen LogP contribution is -2.28. The van der Waals surface area contributed by atoms with Crippen LogP contribution >= 0.6 is 0 Å². The molecule has 5 heterocycles. The quantitative estimate of drug-likeness (QED) is 0.286. The molecule has 0 spiro atoms. The molecule has 0 radical (unpaired) electrons. The molecule has 38 heavy (non-hydrogen) atoms. The van der Waals surface area contributed by atoms with Crippen molar-refractivity contribution in [3.05, 3.63) is 60.5 Å². The van der Waals surface area contributed by atoms with E-state index in [-0.39, 0.29) is 24.4 Å². The summed E-state index contributed by atoms with van der Waals surface area (Å²) in [7, 11) is 0. The second-order valence-corrected chi connectivity index (χ2v) is 9.96. The van der Waals surface area contributed by atoms with Crippen molar-refractivity contribution in [2.45, 2.75) is 50.2 Å². The minimum absolute atomic E-state index is 0.0591. The molecule has 0 unspecified atom stereocenters. The summed E-state index contributed by atoms with van der Waals surface area (Å²) in [5.74, 6) is -0.393. The van der Waals surface area contributed by atoms with Crippen molar-refractivity contribution in [3.63, 3.8) is 0 Å². The van der Waals surface area contributed by atoms with Gasteiger partial charge in [-0.3, -0.25) is 14.7 Å². The number of nitrogens with one attached hydrogen (secondary N) is 2. The number of amides is 2. The molecule has 2 aliphatic rings. The van der Waals surface area contributed by atoms with E-state index in [1.807, 2.05) is 35.9 Å². The van der Waals surface area contributed by atoms with Crippen LogP contribution in [0.15, 0.2) is 53.6 Å². The van der Waals surface area contributed by atoms with E-state index in [0.29, 0.717) is 17.4 Å². The first-order valence-electron chi connectivity index (χ1n) is 12.3. The highest BCUT2D eigenvalue weighted by Gasteiger charge is 2.66. The molecule has 2 fully saturated rings. The van der Waals surface area contributed by atoms with Crippen LogP contribution in [0, 0.1) is 6.92 Å². The summed E-state index contributed by atoms with van der Waals surface area (Å²) in [5.41, 5.74) is 2.91. The molecule has 2 aliphatic carbocycles. The number of urea groups is 1. The van der Waals surface area contributed by atoms with E-state index in [0.717, 1.165) is 46.8 Å². The van der Waals surface area contributed by atoms with Gasteiger partial charge in [0.25, 0.3) is 0 Å². The van der Waals surface area contributed by atoms with E-state index in [1.165, 1.54) is 0 Å². The van der Waals surface area contributed by atoms with Crippen LogP contribution in [0.4, 0.5) is 29.5 Å². The topological polar surface area (TPSA) is 102 Å². The summed E-state index contributed by atoms with van der Waals surface area (Å²) in [6.07, 6.45) is 5.18. The van der Waals surface area contributed by atoms with E-state index in [2.05, 4.69) is 36.5 Å². The Balaban J connectivity index is 1.18. The standard InChI is InChI=1S/C26H22F3N7O2/c1-14-22-16(13-36(15-2-3-15)19(22)6-9-30-14)18-5-4-17(23-31-10-11-35(18)23)32-24(37)33-21-12-20(38-34-21)25(7-8-25)26(27,28)29/h4-6,9-13,15H,2-3,7-8H2,1H3,(H2,32,33,34,37). The first-order chi connectivity index (χ1) is 18.2. The van der Waals surface area contributed by atoms with Crippen molar-refractivity contribution in [1.29, 1.82) is 0 Å². The number of nitrogens with zero attached hydrogens (tertiary/aromatic N) is 5. The van der Waals surface area contributed by atoms with Gasteiger partial charge in [0.2, 0.25) is 0 Å². The molecule has 0 aliphatic heterocycles. The number of aryl methyl sites for hydroxylation is 1. The second kappa shape index (κ2) is 7.83. The summed E-state index contributed by atoms with van der Waals surface area (Å²) in [6.45, 7) is 1.99. The van der Waals surface area contributed by atoms with Gasteiger partial charge in [-0.1, -0.05) is 5.16 Å². The van der Waals surface area contributed by atoms with Gasteiger partial charge in [0, 0.05) is 53.5 Å². The maximum atomic E-state index is 13.4. The Hall–Kier alpha value is -4.35. The van der Waals surface area contributed by atoms with Gasteiger partial charge in [-0.25, -0.2) is 9.78 Å². The maximum absolute atomic E-state index is 13.4. The molecule has 194 valence electrons. The minimum atomic E-state index is -4.43. The average molecular weight is 522 g/mol.